The number of carboxylic acid groups (broad SMARTS) is 1. The van der Waals surface area contributed by atoms with Gasteiger partial charge in [0.25, 0.3) is 0 Å². The van der Waals surface area contributed by atoms with Gasteiger partial charge in [-0.25, -0.2) is 0 Å². The van der Waals surface area contributed by atoms with Crippen molar-refractivity contribution in [2.75, 3.05) is 46.6 Å². The largest absolute Gasteiger partial charge is 0.480 e. The first-order valence-corrected chi connectivity index (χ1v) is 8.72. The van der Waals surface area contributed by atoms with Crippen molar-refractivity contribution >= 4 is 36.4 Å². The third kappa shape index (κ3) is 11.7. The van der Waals surface area contributed by atoms with Crippen molar-refractivity contribution in [3.63, 3.8) is 0 Å². The lowest BCUT2D eigenvalue weighted by Crippen LogP contribution is -2.49. The number of esters is 1. The number of hydrogen-bond acceptors (Lipinski definition) is 7. The summed E-state index contributed by atoms with van der Waals surface area (Å²) in [5.74, 6) is -2.88. The third-order valence-corrected chi connectivity index (χ3v) is 3.63. The molecule has 10 nitrogen and oxygen atoms in total. The van der Waals surface area contributed by atoms with Gasteiger partial charge < -0.3 is 30.7 Å². The lowest BCUT2D eigenvalue weighted by molar-refractivity contribution is -0.870. The van der Waals surface area contributed by atoms with E-state index in [1.54, 1.807) is 0 Å². The SMILES string of the molecule is C[N+](C)(C)CCOC(=O)CNC(=O)C(CS)NC(=O)CCC(N)C(=O)O. The van der Waals surface area contributed by atoms with E-state index in [4.69, 9.17) is 15.6 Å². The Kier molecular flexibility index (Phi) is 10.9. The van der Waals surface area contributed by atoms with Crippen LogP contribution in [0.1, 0.15) is 12.8 Å². The molecule has 11 heteroatoms. The van der Waals surface area contributed by atoms with Crippen molar-refractivity contribution < 1.29 is 33.5 Å². The maximum atomic E-state index is 12.0. The lowest BCUT2D eigenvalue weighted by atomic mass is 10.1. The van der Waals surface area contributed by atoms with Crippen LogP contribution in [0.15, 0.2) is 0 Å². The van der Waals surface area contributed by atoms with Crippen molar-refractivity contribution in [2.45, 2.75) is 24.9 Å². The van der Waals surface area contributed by atoms with Gasteiger partial charge in [0, 0.05) is 12.2 Å². The summed E-state index contributed by atoms with van der Waals surface area (Å²) in [6, 6.07) is -2.10. The molecular weight excluding hydrogens is 364 g/mol. The number of nitrogens with zero attached hydrogens (tertiary/aromatic N) is 1. The second-order valence-electron chi connectivity index (χ2n) is 6.74. The average Bonchev–Trinajstić information content (AvgIpc) is 2.53. The molecule has 0 heterocycles. The van der Waals surface area contributed by atoms with Gasteiger partial charge in [-0.3, -0.25) is 19.2 Å². The summed E-state index contributed by atoms with van der Waals surface area (Å²) in [6.07, 6.45) is -0.196. The van der Waals surface area contributed by atoms with E-state index in [0.29, 0.717) is 11.0 Å². The minimum atomic E-state index is -1.20. The average molecular weight is 393 g/mol. The van der Waals surface area contributed by atoms with E-state index in [9.17, 15) is 19.2 Å². The van der Waals surface area contributed by atoms with Crippen LogP contribution in [-0.4, -0.2) is 92.0 Å². The predicted molar refractivity (Wildman–Crippen MR) is 97.5 cm³/mol. The fourth-order valence-electron chi connectivity index (χ4n) is 1.64. The number of carbonyl (C=O) groups is 4. The van der Waals surface area contributed by atoms with Crippen LogP contribution < -0.4 is 16.4 Å². The summed E-state index contributed by atoms with van der Waals surface area (Å²) >= 11 is 3.99. The molecule has 0 fully saturated rings. The molecular formula is C15H29N4O6S+. The van der Waals surface area contributed by atoms with E-state index in [0.717, 1.165) is 0 Å². The zero-order chi connectivity index (χ0) is 20.3. The number of quaternary nitrogens is 1. The number of thiol groups is 1. The summed E-state index contributed by atoms with van der Waals surface area (Å²) in [6.45, 7) is 0.544. The Morgan fingerprint density at radius 2 is 1.85 bits per heavy atom. The lowest BCUT2D eigenvalue weighted by Gasteiger charge is -2.23. The highest BCUT2D eigenvalue weighted by molar-refractivity contribution is 7.80. The van der Waals surface area contributed by atoms with Crippen molar-refractivity contribution in [1.82, 2.24) is 10.6 Å². The van der Waals surface area contributed by atoms with E-state index >= 15 is 0 Å². The first-order chi connectivity index (χ1) is 12.0. The van der Waals surface area contributed by atoms with Gasteiger partial charge in [0.1, 0.15) is 31.8 Å². The Balaban J connectivity index is 4.21. The number of nitrogens with two attached hydrogens (primary N) is 1. The highest BCUT2D eigenvalue weighted by Crippen LogP contribution is 1.97. The molecule has 0 radical (unpaired) electrons. The Hall–Kier alpha value is -1.85. The predicted octanol–water partition coefficient (Wildman–Crippen LogP) is -2.04. The Labute approximate surface area is 158 Å². The van der Waals surface area contributed by atoms with E-state index in [2.05, 4.69) is 23.3 Å². The smallest absolute Gasteiger partial charge is 0.325 e. The van der Waals surface area contributed by atoms with Gasteiger partial charge in [-0.1, -0.05) is 0 Å². The van der Waals surface area contributed by atoms with Crippen LogP contribution >= 0.6 is 12.6 Å². The first kappa shape index (κ1) is 24.1. The number of likely N-dealkylation sites (N-methyl/N-ethyl adjacent to an activating group) is 1. The fourth-order valence-corrected chi connectivity index (χ4v) is 1.89. The fraction of sp³-hybridized carbons (Fsp3) is 0.733. The van der Waals surface area contributed by atoms with Gasteiger partial charge in [-0.15, -0.1) is 0 Å². The molecule has 0 spiro atoms. The zero-order valence-electron chi connectivity index (χ0n) is 15.4. The molecule has 0 aliphatic heterocycles. The molecule has 2 unspecified atom stereocenters. The molecule has 0 bridgehead atoms. The molecule has 150 valence electrons. The molecule has 0 aliphatic rings. The molecule has 0 saturated heterocycles. The van der Waals surface area contributed by atoms with E-state index in [1.165, 1.54) is 0 Å². The molecule has 5 N–H and O–H groups in total. The number of nitrogens with one attached hydrogen (secondary N) is 2. The summed E-state index contributed by atoms with van der Waals surface area (Å²) in [4.78, 5) is 45.9. The van der Waals surface area contributed by atoms with Gasteiger partial charge in [-0.05, 0) is 6.42 Å². The third-order valence-electron chi connectivity index (χ3n) is 3.27. The van der Waals surface area contributed by atoms with Crippen LogP contribution in [0.2, 0.25) is 0 Å². The summed E-state index contributed by atoms with van der Waals surface area (Å²) < 4.78 is 5.64. The number of hydrogen-bond donors (Lipinski definition) is 5. The monoisotopic (exact) mass is 393 g/mol. The molecule has 2 atom stereocenters. The molecule has 0 aliphatic carbocycles. The molecule has 0 aromatic rings. The number of carboxylic acids is 1. The van der Waals surface area contributed by atoms with Crippen LogP contribution in [-0.2, 0) is 23.9 Å². The van der Waals surface area contributed by atoms with Crippen LogP contribution in [0.4, 0.5) is 0 Å². The standard InChI is InChI=1S/C15H28N4O6S/c1-19(2,3)6-7-25-13(21)8-17-14(22)11(9-26)18-12(20)5-4-10(16)15(23)24/h10-11H,4-9,16H2,1-3H3,(H3-,17,18,20,22,23,24,26)/p+1. The van der Waals surface area contributed by atoms with Gasteiger partial charge in [0.2, 0.25) is 11.8 Å². The number of amides is 2. The zero-order valence-corrected chi connectivity index (χ0v) is 16.3. The quantitative estimate of drug-likeness (QED) is 0.146. The topological polar surface area (TPSA) is 148 Å². The van der Waals surface area contributed by atoms with Crippen LogP contribution in [0.3, 0.4) is 0 Å². The highest BCUT2D eigenvalue weighted by Gasteiger charge is 2.21. The minimum Gasteiger partial charge on any atom is -0.480 e. The van der Waals surface area contributed by atoms with Crippen molar-refractivity contribution in [2.24, 2.45) is 5.73 Å². The second-order valence-corrected chi connectivity index (χ2v) is 7.10. The minimum absolute atomic E-state index is 0.0130. The van der Waals surface area contributed by atoms with E-state index < -0.39 is 35.8 Å². The maximum absolute atomic E-state index is 12.0. The molecule has 2 amide bonds. The molecule has 0 aromatic carbocycles. The number of carbonyl (C=O) groups excluding carboxylic acids is 3. The Bertz CT molecular complexity index is 509. The summed E-state index contributed by atoms with van der Waals surface area (Å²) in [5, 5.41) is 13.4. The van der Waals surface area contributed by atoms with Gasteiger partial charge >= 0.3 is 11.9 Å². The molecule has 0 saturated carbocycles. The van der Waals surface area contributed by atoms with Gasteiger partial charge in [0.05, 0.1) is 21.1 Å². The van der Waals surface area contributed by atoms with Crippen LogP contribution in [0.5, 0.6) is 0 Å². The maximum Gasteiger partial charge on any atom is 0.325 e. The van der Waals surface area contributed by atoms with Crippen LogP contribution in [0, 0.1) is 0 Å². The van der Waals surface area contributed by atoms with Gasteiger partial charge in [-0.2, -0.15) is 12.6 Å². The van der Waals surface area contributed by atoms with Gasteiger partial charge in [0.15, 0.2) is 0 Å². The normalized spacial score (nSPS) is 13.4. The Morgan fingerprint density at radius 1 is 1.23 bits per heavy atom. The Morgan fingerprint density at radius 3 is 2.35 bits per heavy atom. The first-order valence-electron chi connectivity index (χ1n) is 8.08. The van der Waals surface area contributed by atoms with Crippen LogP contribution in [0.25, 0.3) is 0 Å². The second kappa shape index (κ2) is 11.7. The highest BCUT2D eigenvalue weighted by atomic mass is 32.1. The van der Waals surface area contributed by atoms with Crippen molar-refractivity contribution in [3.05, 3.63) is 0 Å². The van der Waals surface area contributed by atoms with Crippen molar-refractivity contribution in [3.8, 4) is 0 Å². The van der Waals surface area contributed by atoms with Crippen molar-refractivity contribution in [1.29, 1.82) is 0 Å². The summed E-state index contributed by atoms with van der Waals surface area (Å²) in [7, 11) is 5.87. The summed E-state index contributed by atoms with van der Waals surface area (Å²) in [5.41, 5.74) is 5.31. The number of aliphatic carboxylic acids is 1. The number of rotatable bonds is 12. The molecule has 0 aromatic heterocycles. The van der Waals surface area contributed by atoms with E-state index in [-0.39, 0.29) is 31.7 Å². The molecule has 26 heavy (non-hydrogen) atoms. The number of ether oxygens (including phenoxy) is 1. The van der Waals surface area contributed by atoms with E-state index in [1.807, 2.05) is 21.1 Å². The molecule has 0 rings (SSSR count).